The first-order valence-electron chi connectivity index (χ1n) is 8.50. The second-order valence-corrected chi connectivity index (χ2v) is 8.56. The molecule has 1 atom stereocenters. The third-order valence-corrected chi connectivity index (χ3v) is 6.25. The summed E-state index contributed by atoms with van der Waals surface area (Å²) in [5.74, 6) is -1.21. The second-order valence-electron chi connectivity index (χ2n) is 6.33. The number of H-pyrrole nitrogens is 1. The van der Waals surface area contributed by atoms with E-state index in [1.54, 1.807) is 18.2 Å². The van der Waals surface area contributed by atoms with Gasteiger partial charge >= 0.3 is 5.97 Å². The predicted octanol–water partition coefficient (Wildman–Crippen LogP) is 0.382. The fraction of sp³-hybridized carbons (Fsp3) is 0.471. The summed E-state index contributed by atoms with van der Waals surface area (Å²) in [5, 5.41) is 7.28. The first-order valence-corrected chi connectivity index (χ1v) is 10.3. The number of sulfone groups is 1. The molecule has 0 spiro atoms. The minimum Gasteiger partial charge on any atom is -0.451 e. The first kappa shape index (κ1) is 19.3. The molecular weight excluding hydrogens is 374 g/mol. The van der Waals surface area contributed by atoms with Gasteiger partial charge in [0.2, 0.25) is 0 Å². The number of esters is 1. The molecule has 0 unspecified atom stereocenters. The summed E-state index contributed by atoms with van der Waals surface area (Å²) >= 11 is 0. The van der Waals surface area contributed by atoms with Crippen molar-refractivity contribution in [2.24, 2.45) is 0 Å². The predicted molar refractivity (Wildman–Crippen MR) is 97.0 cm³/mol. The molecular formula is C17H21N3O6S. The number of fused-ring (bicyclic) bond motifs is 1. The topological polar surface area (TPSA) is 119 Å². The average molecular weight is 395 g/mol. The van der Waals surface area contributed by atoms with Gasteiger partial charge in [0, 0.05) is 25.1 Å². The summed E-state index contributed by atoms with van der Waals surface area (Å²) in [6.07, 6.45) is 0.371. The van der Waals surface area contributed by atoms with Crippen molar-refractivity contribution >= 4 is 32.6 Å². The highest BCUT2D eigenvalue weighted by molar-refractivity contribution is 7.91. The lowest BCUT2D eigenvalue weighted by atomic mass is 10.2. The number of nitrogens with zero attached hydrogens (tertiary/aromatic N) is 2. The van der Waals surface area contributed by atoms with Gasteiger partial charge in [-0.15, -0.1) is 0 Å². The Morgan fingerprint density at radius 1 is 1.33 bits per heavy atom. The lowest BCUT2D eigenvalue weighted by molar-refractivity contribution is -0.137. The number of carbonyl (C=O) groups is 2. The van der Waals surface area contributed by atoms with Crippen molar-refractivity contribution in [1.82, 2.24) is 15.1 Å². The van der Waals surface area contributed by atoms with E-state index in [-0.39, 0.29) is 30.4 Å². The number of amides is 1. The van der Waals surface area contributed by atoms with Crippen LogP contribution in [0.4, 0.5) is 0 Å². The molecule has 1 aromatic carbocycles. The minimum absolute atomic E-state index is 0.0491. The molecule has 0 saturated carbocycles. The summed E-state index contributed by atoms with van der Waals surface area (Å²) in [4.78, 5) is 26.3. The lowest BCUT2D eigenvalue weighted by Gasteiger charge is -2.27. The molecule has 1 N–H and O–H groups in total. The molecule has 1 aliphatic rings. The van der Waals surface area contributed by atoms with Crippen LogP contribution in [0.3, 0.4) is 0 Å². The van der Waals surface area contributed by atoms with Crippen LogP contribution < -0.4 is 0 Å². The van der Waals surface area contributed by atoms with Crippen molar-refractivity contribution in [3.8, 4) is 0 Å². The Hall–Kier alpha value is -2.46. The van der Waals surface area contributed by atoms with Crippen LogP contribution in [0.25, 0.3) is 10.9 Å². The summed E-state index contributed by atoms with van der Waals surface area (Å²) in [6, 6.07) is 6.65. The fourth-order valence-electron chi connectivity index (χ4n) is 3.12. The van der Waals surface area contributed by atoms with Crippen LogP contribution in [-0.4, -0.2) is 79.8 Å². The zero-order valence-corrected chi connectivity index (χ0v) is 15.7. The van der Waals surface area contributed by atoms with Crippen LogP contribution in [0.2, 0.25) is 0 Å². The molecule has 1 aromatic heterocycles. The molecule has 1 amide bonds. The molecule has 9 nitrogen and oxygen atoms in total. The van der Waals surface area contributed by atoms with Crippen LogP contribution in [-0.2, 0) is 24.1 Å². The van der Waals surface area contributed by atoms with Gasteiger partial charge in [-0.05, 0) is 12.5 Å². The average Bonchev–Trinajstić information content (AvgIpc) is 3.23. The number of hydrogen-bond donors (Lipinski definition) is 1. The summed E-state index contributed by atoms with van der Waals surface area (Å²) < 4.78 is 33.6. The molecule has 2 heterocycles. The molecule has 0 aliphatic carbocycles. The second kappa shape index (κ2) is 8.05. The Bertz CT molecular complexity index is 939. The number of ether oxygens (including phenoxy) is 2. The number of para-hydroxylation sites is 1. The third kappa shape index (κ3) is 4.45. The number of rotatable bonds is 7. The third-order valence-electron chi connectivity index (χ3n) is 4.50. The highest BCUT2D eigenvalue weighted by Crippen LogP contribution is 2.19. The maximum atomic E-state index is 12.6. The lowest BCUT2D eigenvalue weighted by Crippen LogP contribution is -2.45. The van der Waals surface area contributed by atoms with E-state index in [1.807, 2.05) is 6.07 Å². The summed E-state index contributed by atoms with van der Waals surface area (Å²) in [6.45, 7) is 0.0128. The highest BCUT2D eigenvalue weighted by atomic mass is 32.2. The molecule has 1 fully saturated rings. The van der Waals surface area contributed by atoms with Gasteiger partial charge in [0.25, 0.3) is 5.91 Å². The van der Waals surface area contributed by atoms with E-state index in [2.05, 4.69) is 10.2 Å². The molecule has 1 saturated heterocycles. The quantitative estimate of drug-likeness (QED) is 0.673. The Morgan fingerprint density at radius 2 is 2.11 bits per heavy atom. The molecule has 146 valence electrons. The van der Waals surface area contributed by atoms with Crippen molar-refractivity contribution in [2.45, 2.75) is 12.5 Å². The van der Waals surface area contributed by atoms with Crippen molar-refractivity contribution < 1.29 is 27.5 Å². The number of aromatic amines is 1. The Morgan fingerprint density at radius 3 is 2.81 bits per heavy atom. The van der Waals surface area contributed by atoms with Gasteiger partial charge in [-0.1, -0.05) is 18.2 Å². The monoisotopic (exact) mass is 395 g/mol. The Labute approximate surface area is 156 Å². The van der Waals surface area contributed by atoms with Crippen LogP contribution in [0.5, 0.6) is 0 Å². The number of aromatic nitrogens is 2. The molecule has 27 heavy (non-hydrogen) atoms. The number of nitrogens with one attached hydrogen (secondary N) is 1. The van der Waals surface area contributed by atoms with Crippen LogP contribution in [0.15, 0.2) is 24.3 Å². The van der Waals surface area contributed by atoms with Gasteiger partial charge in [0.05, 0.1) is 23.6 Å². The van der Waals surface area contributed by atoms with Gasteiger partial charge < -0.3 is 14.4 Å². The van der Waals surface area contributed by atoms with Gasteiger partial charge in [-0.3, -0.25) is 9.89 Å². The Kier molecular flexibility index (Phi) is 5.76. The molecule has 3 rings (SSSR count). The van der Waals surface area contributed by atoms with E-state index >= 15 is 0 Å². The van der Waals surface area contributed by atoms with Crippen molar-refractivity contribution in [1.29, 1.82) is 0 Å². The standard InChI is InChI=1S/C17H21N3O6S/c1-25-8-7-20(12-6-9-27(23,24)11-12)15(21)10-26-17(22)16-13-4-2-3-5-14(13)18-19-16/h2-5,12H,6-11H2,1H3,(H,18,19)/t12-/m1/s1. The van der Waals surface area contributed by atoms with Crippen molar-refractivity contribution in [3.05, 3.63) is 30.0 Å². The normalized spacial score (nSPS) is 18.5. The van der Waals surface area contributed by atoms with E-state index < -0.39 is 34.4 Å². The Balaban J connectivity index is 1.65. The zero-order chi connectivity index (χ0) is 19.4. The van der Waals surface area contributed by atoms with Crippen LogP contribution in [0.1, 0.15) is 16.9 Å². The van der Waals surface area contributed by atoms with E-state index in [0.29, 0.717) is 17.3 Å². The zero-order valence-electron chi connectivity index (χ0n) is 14.9. The molecule has 0 bridgehead atoms. The molecule has 2 aromatic rings. The van der Waals surface area contributed by atoms with E-state index in [1.165, 1.54) is 12.0 Å². The maximum absolute atomic E-state index is 12.6. The summed E-state index contributed by atoms with van der Waals surface area (Å²) in [5.41, 5.74) is 0.791. The van der Waals surface area contributed by atoms with Crippen LogP contribution in [0, 0.1) is 0 Å². The van der Waals surface area contributed by atoms with Crippen molar-refractivity contribution in [3.63, 3.8) is 0 Å². The number of carbonyl (C=O) groups excluding carboxylic acids is 2. The smallest absolute Gasteiger partial charge is 0.359 e. The molecule has 1 aliphatic heterocycles. The van der Waals surface area contributed by atoms with Gasteiger partial charge in [-0.25, -0.2) is 13.2 Å². The highest BCUT2D eigenvalue weighted by Gasteiger charge is 2.34. The van der Waals surface area contributed by atoms with E-state index in [4.69, 9.17) is 9.47 Å². The van der Waals surface area contributed by atoms with Gasteiger partial charge in [-0.2, -0.15) is 5.10 Å². The van der Waals surface area contributed by atoms with Crippen molar-refractivity contribution in [2.75, 3.05) is 38.4 Å². The first-order chi connectivity index (χ1) is 12.9. The van der Waals surface area contributed by atoms with Gasteiger partial charge in [0.1, 0.15) is 0 Å². The number of benzene rings is 1. The maximum Gasteiger partial charge on any atom is 0.359 e. The fourth-order valence-corrected chi connectivity index (χ4v) is 4.85. The summed E-state index contributed by atoms with van der Waals surface area (Å²) in [7, 11) is -1.65. The molecule has 0 radical (unpaired) electrons. The van der Waals surface area contributed by atoms with E-state index in [0.717, 1.165) is 0 Å². The van der Waals surface area contributed by atoms with Crippen LogP contribution >= 0.6 is 0 Å². The van der Waals surface area contributed by atoms with Gasteiger partial charge in [0.15, 0.2) is 22.1 Å². The minimum atomic E-state index is -3.15. The molecule has 10 heteroatoms. The number of hydrogen-bond acceptors (Lipinski definition) is 7. The largest absolute Gasteiger partial charge is 0.451 e. The SMILES string of the molecule is COCCN(C(=O)COC(=O)c1n[nH]c2ccccc12)[C@@H]1CCS(=O)(=O)C1. The number of methoxy groups -OCH3 is 1. The van der Waals surface area contributed by atoms with E-state index in [9.17, 15) is 18.0 Å².